The van der Waals surface area contributed by atoms with E-state index < -0.39 is 10.0 Å². The predicted octanol–water partition coefficient (Wildman–Crippen LogP) is 1.90. The van der Waals surface area contributed by atoms with E-state index in [2.05, 4.69) is 4.40 Å². The third kappa shape index (κ3) is 2.62. The summed E-state index contributed by atoms with van der Waals surface area (Å²) in [6, 6.07) is 7.97. The maximum absolute atomic E-state index is 12.0. The summed E-state index contributed by atoms with van der Waals surface area (Å²) in [5.74, 6) is -0.163. The third-order valence-corrected chi connectivity index (χ3v) is 3.73. The molecule has 4 nitrogen and oxygen atoms in total. The molecule has 0 aliphatic heterocycles. The van der Waals surface area contributed by atoms with E-state index in [-0.39, 0.29) is 10.7 Å². The molecule has 0 saturated carbocycles. The molecule has 0 heterocycles. The second-order valence-corrected chi connectivity index (χ2v) is 5.43. The highest BCUT2D eigenvalue weighted by molar-refractivity contribution is 7.90. The smallest absolute Gasteiger partial charge is 0.282 e. The van der Waals surface area contributed by atoms with Crippen LogP contribution in [0.25, 0.3) is 0 Å². The van der Waals surface area contributed by atoms with Crippen LogP contribution in [0, 0.1) is 0 Å². The fraction of sp³-hybridized carbons (Fsp3) is 0.0769. The molecule has 0 aromatic heterocycles. The molecule has 1 aliphatic rings. The quantitative estimate of drug-likeness (QED) is 0.764. The fourth-order valence-corrected chi connectivity index (χ4v) is 2.58. The Morgan fingerprint density at radius 2 is 1.72 bits per heavy atom. The predicted molar refractivity (Wildman–Crippen MR) is 69.0 cm³/mol. The molecule has 1 aromatic carbocycles. The van der Waals surface area contributed by atoms with Crippen LogP contribution >= 0.6 is 0 Å². The van der Waals surface area contributed by atoms with E-state index in [1.807, 2.05) is 0 Å². The SMILES string of the molecule is CC1=CC(=O)C=C/C1=N\S(=O)(=O)c1ccccc1. The summed E-state index contributed by atoms with van der Waals surface area (Å²) in [5, 5.41) is 0. The summed E-state index contributed by atoms with van der Waals surface area (Å²) in [7, 11) is -3.73. The van der Waals surface area contributed by atoms with Gasteiger partial charge in [-0.3, -0.25) is 4.79 Å². The van der Waals surface area contributed by atoms with Gasteiger partial charge in [-0.05, 0) is 42.9 Å². The van der Waals surface area contributed by atoms with E-state index in [0.29, 0.717) is 11.3 Å². The standard InChI is InChI=1S/C13H11NO3S/c1-10-9-11(15)7-8-13(10)14-18(16,17)12-5-3-2-4-6-12/h2-9H,1H3/b14-13+. The molecule has 0 spiro atoms. The van der Waals surface area contributed by atoms with E-state index in [9.17, 15) is 13.2 Å². The number of carbonyl (C=O) groups is 1. The van der Waals surface area contributed by atoms with Gasteiger partial charge in [-0.25, -0.2) is 0 Å². The second kappa shape index (κ2) is 4.70. The van der Waals surface area contributed by atoms with Crippen LogP contribution in [0.15, 0.2) is 63.4 Å². The van der Waals surface area contributed by atoms with Crippen LogP contribution in [-0.2, 0) is 14.8 Å². The summed E-state index contributed by atoms with van der Waals surface area (Å²) < 4.78 is 27.7. The van der Waals surface area contributed by atoms with Crippen molar-refractivity contribution in [3.8, 4) is 0 Å². The number of allylic oxidation sites excluding steroid dienone is 4. The summed E-state index contributed by atoms with van der Waals surface area (Å²) >= 11 is 0. The topological polar surface area (TPSA) is 63.6 Å². The van der Waals surface area contributed by atoms with Gasteiger partial charge in [0.25, 0.3) is 10.0 Å². The van der Waals surface area contributed by atoms with Gasteiger partial charge in [-0.1, -0.05) is 18.2 Å². The Balaban J connectivity index is 2.43. The highest BCUT2D eigenvalue weighted by atomic mass is 32.2. The van der Waals surface area contributed by atoms with Gasteiger partial charge < -0.3 is 0 Å². The van der Waals surface area contributed by atoms with Gasteiger partial charge in [0.2, 0.25) is 0 Å². The monoisotopic (exact) mass is 261 g/mol. The minimum Gasteiger partial charge on any atom is -0.290 e. The van der Waals surface area contributed by atoms with Gasteiger partial charge in [0, 0.05) is 0 Å². The summed E-state index contributed by atoms with van der Waals surface area (Å²) in [5.41, 5.74) is 0.834. The molecule has 18 heavy (non-hydrogen) atoms. The number of hydrogen-bond acceptors (Lipinski definition) is 3. The maximum atomic E-state index is 12.0. The highest BCUT2D eigenvalue weighted by Crippen LogP contribution is 2.15. The van der Waals surface area contributed by atoms with Crippen LogP contribution in [0.5, 0.6) is 0 Å². The molecule has 0 atom stereocenters. The van der Waals surface area contributed by atoms with Gasteiger partial charge >= 0.3 is 0 Å². The molecule has 92 valence electrons. The van der Waals surface area contributed by atoms with E-state index >= 15 is 0 Å². The Bertz CT molecular complexity index is 667. The van der Waals surface area contributed by atoms with Crippen molar-refractivity contribution in [1.82, 2.24) is 0 Å². The molecular weight excluding hydrogens is 250 g/mol. The number of sulfonamides is 1. The Kier molecular flexibility index (Phi) is 3.25. The van der Waals surface area contributed by atoms with Crippen LogP contribution in [-0.4, -0.2) is 19.9 Å². The van der Waals surface area contributed by atoms with Crippen molar-refractivity contribution >= 4 is 21.5 Å². The molecular formula is C13H11NO3S. The molecule has 0 N–H and O–H groups in total. The lowest BCUT2D eigenvalue weighted by Gasteiger charge is -2.06. The number of ketones is 1. The molecule has 1 aromatic rings. The molecule has 2 rings (SSSR count). The summed E-state index contributed by atoms with van der Waals surface area (Å²) in [6.45, 7) is 1.65. The second-order valence-electron chi connectivity index (χ2n) is 3.83. The number of carbonyl (C=O) groups excluding carboxylic acids is 1. The van der Waals surface area contributed by atoms with Crippen molar-refractivity contribution in [2.24, 2.45) is 4.40 Å². The lowest BCUT2D eigenvalue weighted by Crippen LogP contribution is -2.09. The molecule has 0 unspecified atom stereocenters. The Morgan fingerprint density at radius 1 is 1.06 bits per heavy atom. The van der Waals surface area contributed by atoms with Crippen LogP contribution in [0.1, 0.15) is 6.92 Å². The lowest BCUT2D eigenvalue weighted by atomic mass is 10.1. The first kappa shape index (κ1) is 12.4. The zero-order chi connectivity index (χ0) is 13.2. The average molecular weight is 261 g/mol. The minimum absolute atomic E-state index is 0.135. The van der Waals surface area contributed by atoms with Gasteiger partial charge in [-0.2, -0.15) is 12.8 Å². The molecule has 0 amide bonds. The number of benzene rings is 1. The van der Waals surface area contributed by atoms with Gasteiger partial charge in [-0.15, -0.1) is 0 Å². The van der Waals surface area contributed by atoms with Crippen LogP contribution in [0.3, 0.4) is 0 Å². The Morgan fingerprint density at radius 3 is 2.33 bits per heavy atom. The van der Waals surface area contributed by atoms with Crippen LogP contribution in [0.4, 0.5) is 0 Å². The molecule has 0 saturated heterocycles. The van der Waals surface area contributed by atoms with Crippen molar-refractivity contribution in [3.63, 3.8) is 0 Å². The van der Waals surface area contributed by atoms with Crippen LogP contribution < -0.4 is 0 Å². The van der Waals surface area contributed by atoms with Crippen molar-refractivity contribution in [2.75, 3.05) is 0 Å². The number of rotatable bonds is 2. The molecule has 1 aliphatic carbocycles. The number of nitrogens with zero attached hydrogens (tertiary/aromatic N) is 1. The fourth-order valence-electron chi connectivity index (χ4n) is 1.51. The molecule has 0 fully saturated rings. The minimum atomic E-state index is -3.73. The van der Waals surface area contributed by atoms with Crippen molar-refractivity contribution < 1.29 is 13.2 Å². The first-order valence-electron chi connectivity index (χ1n) is 5.30. The molecule has 0 bridgehead atoms. The average Bonchev–Trinajstić information content (AvgIpc) is 2.34. The van der Waals surface area contributed by atoms with E-state index in [1.54, 1.807) is 25.1 Å². The first-order valence-corrected chi connectivity index (χ1v) is 6.74. The van der Waals surface area contributed by atoms with Gasteiger partial charge in [0.15, 0.2) is 5.78 Å². The largest absolute Gasteiger partial charge is 0.290 e. The summed E-state index contributed by atoms with van der Waals surface area (Å²) in [6.07, 6.45) is 4.07. The normalized spacial score (nSPS) is 17.9. The Labute approximate surface area is 105 Å². The van der Waals surface area contributed by atoms with Crippen molar-refractivity contribution in [1.29, 1.82) is 0 Å². The summed E-state index contributed by atoms with van der Waals surface area (Å²) in [4.78, 5) is 11.2. The van der Waals surface area contributed by atoms with Gasteiger partial charge in [0.05, 0.1) is 10.6 Å². The van der Waals surface area contributed by atoms with Gasteiger partial charge in [0.1, 0.15) is 0 Å². The molecule has 0 radical (unpaired) electrons. The van der Waals surface area contributed by atoms with Crippen molar-refractivity contribution in [2.45, 2.75) is 11.8 Å². The highest BCUT2D eigenvalue weighted by Gasteiger charge is 2.15. The molecule has 5 heteroatoms. The zero-order valence-corrected chi connectivity index (χ0v) is 10.5. The van der Waals surface area contributed by atoms with E-state index in [1.165, 1.54) is 30.4 Å². The van der Waals surface area contributed by atoms with Crippen LogP contribution in [0.2, 0.25) is 0 Å². The maximum Gasteiger partial charge on any atom is 0.282 e. The van der Waals surface area contributed by atoms with E-state index in [4.69, 9.17) is 0 Å². The Hall–Kier alpha value is -2.01. The van der Waals surface area contributed by atoms with Crippen molar-refractivity contribution in [3.05, 3.63) is 54.1 Å². The number of hydrogen-bond donors (Lipinski definition) is 0. The first-order chi connectivity index (χ1) is 8.49. The van der Waals surface area contributed by atoms with E-state index in [0.717, 1.165) is 0 Å². The third-order valence-electron chi connectivity index (χ3n) is 2.43. The lowest BCUT2D eigenvalue weighted by molar-refractivity contribution is -0.110. The zero-order valence-electron chi connectivity index (χ0n) is 9.70.